The number of thioether (sulfide) groups is 1. The molecule has 0 atom stereocenters. The van der Waals surface area contributed by atoms with Crippen molar-refractivity contribution in [2.24, 2.45) is 5.41 Å². The van der Waals surface area contributed by atoms with Gasteiger partial charge in [-0.05, 0) is 52.1 Å². The molecule has 0 aromatic heterocycles. The van der Waals surface area contributed by atoms with Gasteiger partial charge in [-0.3, -0.25) is 4.79 Å². The lowest BCUT2D eigenvalue weighted by atomic mass is 9.74. The average molecular weight is 310 g/mol. The van der Waals surface area contributed by atoms with Crippen LogP contribution in [0.25, 0.3) is 0 Å². The van der Waals surface area contributed by atoms with Gasteiger partial charge in [0, 0.05) is 10.6 Å². The summed E-state index contributed by atoms with van der Waals surface area (Å²) in [5.74, 6) is -0.961. The molecule has 0 saturated carbocycles. The van der Waals surface area contributed by atoms with E-state index in [0.717, 1.165) is 4.90 Å². The SMILES string of the molecule is CSc1cccc(NC(=O)NC(C)(C)C(C)(C)C(=O)O)c1. The molecule has 1 aromatic rings. The number of benzene rings is 1. The van der Waals surface area contributed by atoms with Gasteiger partial charge in [-0.15, -0.1) is 11.8 Å². The Bertz CT molecular complexity index is 541. The van der Waals surface area contributed by atoms with Gasteiger partial charge in [0.1, 0.15) is 0 Å². The topological polar surface area (TPSA) is 78.4 Å². The predicted octanol–water partition coefficient (Wildman–Crippen LogP) is 3.42. The summed E-state index contributed by atoms with van der Waals surface area (Å²) in [5, 5.41) is 14.7. The Balaban J connectivity index is 2.79. The highest BCUT2D eigenvalue weighted by atomic mass is 32.2. The Labute approximate surface area is 129 Å². The molecule has 3 N–H and O–H groups in total. The number of carboxylic acid groups (broad SMARTS) is 1. The molecule has 0 unspecified atom stereocenters. The van der Waals surface area contributed by atoms with E-state index in [1.54, 1.807) is 45.5 Å². The van der Waals surface area contributed by atoms with Crippen molar-refractivity contribution in [1.82, 2.24) is 5.32 Å². The molecule has 0 aliphatic carbocycles. The average Bonchev–Trinajstić information content (AvgIpc) is 2.37. The fraction of sp³-hybridized carbons (Fsp3) is 0.467. The first-order valence-corrected chi connectivity index (χ1v) is 7.79. The second-order valence-electron chi connectivity index (χ2n) is 5.87. The molecule has 2 amide bonds. The van der Waals surface area contributed by atoms with Crippen LogP contribution >= 0.6 is 11.8 Å². The summed E-state index contributed by atoms with van der Waals surface area (Å²) in [6, 6.07) is 7.03. The number of aliphatic carboxylic acids is 1. The molecule has 1 aromatic carbocycles. The number of hydrogen-bond acceptors (Lipinski definition) is 3. The van der Waals surface area contributed by atoms with Gasteiger partial charge >= 0.3 is 12.0 Å². The zero-order valence-corrected chi connectivity index (χ0v) is 13.8. The van der Waals surface area contributed by atoms with Crippen LogP contribution in [0.15, 0.2) is 29.2 Å². The van der Waals surface area contributed by atoms with Gasteiger partial charge in [-0.1, -0.05) is 6.07 Å². The fourth-order valence-corrected chi connectivity index (χ4v) is 2.03. The van der Waals surface area contributed by atoms with Crippen molar-refractivity contribution >= 4 is 29.4 Å². The van der Waals surface area contributed by atoms with Crippen LogP contribution in [0.3, 0.4) is 0 Å². The number of amides is 2. The van der Waals surface area contributed by atoms with E-state index >= 15 is 0 Å². The normalized spacial score (nSPS) is 11.9. The number of carboxylic acids is 1. The highest BCUT2D eigenvalue weighted by Gasteiger charge is 2.44. The lowest BCUT2D eigenvalue weighted by Gasteiger charge is -2.38. The highest BCUT2D eigenvalue weighted by molar-refractivity contribution is 7.98. The first-order chi connectivity index (χ1) is 9.60. The van der Waals surface area contributed by atoms with Crippen molar-refractivity contribution in [1.29, 1.82) is 0 Å². The van der Waals surface area contributed by atoms with E-state index in [4.69, 9.17) is 0 Å². The third-order valence-electron chi connectivity index (χ3n) is 3.85. The second-order valence-corrected chi connectivity index (χ2v) is 6.75. The lowest BCUT2D eigenvalue weighted by Crippen LogP contribution is -2.57. The second kappa shape index (κ2) is 6.39. The van der Waals surface area contributed by atoms with Gasteiger partial charge in [0.25, 0.3) is 0 Å². The van der Waals surface area contributed by atoms with Crippen LogP contribution in [0, 0.1) is 5.41 Å². The number of carbonyl (C=O) groups excluding carboxylic acids is 1. The summed E-state index contributed by atoms with van der Waals surface area (Å²) in [5.41, 5.74) is -1.32. The third kappa shape index (κ3) is 4.14. The van der Waals surface area contributed by atoms with Crippen LogP contribution in [0.2, 0.25) is 0 Å². The summed E-state index contributed by atoms with van der Waals surface area (Å²) in [6.45, 7) is 6.56. The minimum absolute atomic E-state index is 0.424. The predicted molar refractivity (Wildman–Crippen MR) is 85.9 cm³/mol. The van der Waals surface area contributed by atoms with E-state index in [0.29, 0.717) is 5.69 Å². The molecular formula is C15H22N2O3S. The monoisotopic (exact) mass is 310 g/mol. The minimum Gasteiger partial charge on any atom is -0.481 e. The molecule has 1 rings (SSSR count). The molecule has 0 heterocycles. The number of urea groups is 1. The zero-order chi connectivity index (χ0) is 16.3. The number of nitrogens with one attached hydrogen (secondary N) is 2. The van der Waals surface area contributed by atoms with Crippen LogP contribution in [-0.2, 0) is 4.79 Å². The van der Waals surface area contributed by atoms with Crippen LogP contribution in [0.4, 0.5) is 10.5 Å². The Hall–Kier alpha value is -1.69. The molecule has 116 valence electrons. The maximum Gasteiger partial charge on any atom is 0.319 e. The standard InChI is InChI=1S/C15H22N2O3S/c1-14(2,12(18)19)15(3,4)17-13(20)16-10-7-6-8-11(9-10)21-5/h6-9H,1-5H3,(H,18,19)(H2,16,17,20). The summed E-state index contributed by atoms with van der Waals surface area (Å²) < 4.78 is 0. The third-order valence-corrected chi connectivity index (χ3v) is 4.58. The van der Waals surface area contributed by atoms with Crippen molar-refractivity contribution in [3.05, 3.63) is 24.3 Å². The van der Waals surface area contributed by atoms with E-state index in [9.17, 15) is 14.7 Å². The van der Waals surface area contributed by atoms with Crippen molar-refractivity contribution in [2.75, 3.05) is 11.6 Å². The Morgan fingerprint density at radius 2 is 1.81 bits per heavy atom. The van der Waals surface area contributed by atoms with Gasteiger partial charge in [0.05, 0.1) is 11.0 Å². The quantitative estimate of drug-likeness (QED) is 0.728. The van der Waals surface area contributed by atoms with Crippen LogP contribution in [0.5, 0.6) is 0 Å². The van der Waals surface area contributed by atoms with E-state index in [1.165, 1.54) is 0 Å². The molecule has 0 fully saturated rings. The summed E-state index contributed by atoms with van der Waals surface area (Å²) in [4.78, 5) is 24.4. The number of hydrogen-bond donors (Lipinski definition) is 3. The van der Waals surface area contributed by atoms with Crippen LogP contribution in [-0.4, -0.2) is 28.9 Å². The lowest BCUT2D eigenvalue weighted by molar-refractivity contribution is -0.150. The fourth-order valence-electron chi connectivity index (χ4n) is 1.57. The van der Waals surface area contributed by atoms with Gasteiger partial charge in [-0.2, -0.15) is 0 Å². The van der Waals surface area contributed by atoms with Crippen molar-refractivity contribution in [3.8, 4) is 0 Å². The molecular weight excluding hydrogens is 288 g/mol. The molecule has 0 bridgehead atoms. The zero-order valence-electron chi connectivity index (χ0n) is 13.0. The molecule has 0 radical (unpaired) electrons. The smallest absolute Gasteiger partial charge is 0.319 e. The summed E-state index contributed by atoms with van der Waals surface area (Å²) >= 11 is 1.58. The van der Waals surface area contributed by atoms with Crippen LogP contribution in [0.1, 0.15) is 27.7 Å². The molecule has 5 nitrogen and oxygen atoms in total. The number of carbonyl (C=O) groups is 2. The highest BCUT2D eigenvalue weighted by Crippen LogP contribution is 2.30. The van der Waals surface area contributed by atoms with E-state index in [2.05, 4.69) is 10.6 Å². The molecule has 0 saturated heterocycles. The Morgan fingerprint density at radius 1 is 1.19 bits per heavy atom. The van der Waals surface area contributed by atoms with Crippen molar-refractivity contribution in [3.63, 3.8) is 0 Å². The molecule has 6 heteroatoms. The largest absolute Gasteiger partial charge is 0.481 e. The van der Waals surface area contributed by atoms with Gasteiger partial charge in [0.15, 0.2) is 0 Å². The van der Waals surface area contributed by atoms with E-state index < -0.39 is 23.0 Å². The van der Waals surface area contributed by atoms with Gasteiger partial charge < -0.3 is 15.7 Å². The number of rotatable bonds is 5. The van der Waals surface area contributed by atoms with Gasteiger partial charge in [0.2, 0.25) is 0 Å². The minimum atomic E-state index is -1.09. The Kier molecular flexibility index (Phi) is 5.28. The molecule has 21 heavy (non-hydrogen) atoms. The summed E-state index contributed by atoms with van der Waals surface area (Å²) in [7, 11) is 0. The van der Waals surface area contributed by atoms with Crippen molar-refractivity contribution in [2.45, 2.75) is 38.1 Å². The summed E-state index contributed by atoms with van der Waals surface area (Å²) in [6.07, 6.45) is 1.96. The molecule has 0 aliphatic heterocycles. The van der Waals surface area contributed by atoms with E-state index in [-0.39, 0.29) is 0 Å². The Morgan fingerprint density at radius 3 is 2.33 bits per heavy atom. The first kappa shape index (κ1) is 17.4. The van der Waals surface area contributed by atoms with Crippen molar-refractivity contribution < 1.29 is 14.7 Å². The van der Waals surface area contributed by atoms with E-state index in [1.807, 2.05) is 24.5 Å². The first-order valence-electron chi connectivity index (χ1n) is 6.57. The maximum absolute atomic E-state index is 12.1. The van der Waals surface area contributed by atoms with Gasteiger partial charge in [-0.25, -0.2) is 4.79 Å². The van der Waals surface area contributed by atoms with Crippen LogP contribution < -0.4 is 10.6 Å². The molecule has 0 spiro atoms. The molecule has 0 aliphatic rings. The maximum atomic E-state index is 12.1. The number of anilines is 1.